The molecule has 1 aromatic heterocycles. The molecule has 0 saturated carbocycles. The number of amides is 1. The first-order chi connectivity index (χ1) is 8.09. The van der Waals surface area contributed by atoms with E-state index in [0.29, 0.717) is 23.8 Å². The first kappa shape index (κ1) is 11.9. The molecule has 1 aliphatic rings. The molecule has 0 aliphatic carbocycles. The Bertz CT molecular complexity index is 446. The van der Waals surface area contributed by atoms with Crippen LogP contribution in [0.3, 0.4) is 0 Å². The van der Waals surface area contributed by atoms with Crippen LogP contribution in [0.25, 0.3) is 0 Å². The van der Waals surface area contributed by atoms with Crippen LogP contribution in [-0.4, -0.2) is 52.5 Å². The molecule has 92 valence electrons. The van der Waals surface area contributed by atoms with E-state index in [1.165, 1.54) is 17.2 Å². The molecule has 0 aromatic carbocycles. The van der Waals surface area contributed by atoms with E-state index in [1.54, 1.807) is 0 Å². The highest BCUT2D eigenvalue weighted by Gasteiger charge is 2.32. The highest BCUT2D eigenvalue weighted by molar-refractivity contribution is 6.31. The number of hydrogen-bond acceptors (Lipinski definition) is 3. The van der Waals surface area contributed by atoms with Crippen LogP contribution >= 0.6 is 11.6 Å². The van der Waals surface area contributed by atoms with Crippen LogP contribution in [-0.2, 0) is 4.79 Å². The van der Waals surface area contributed by atoms with E-state index in [2.05, 4.69) is 10.3 Å². The molecule has 0 bridgehead atoms. The van der Waals surface area contributed by atoms with Crippen molar-refractivity contribution in [1.29, 1.82) is 0 Å². The van der Waals surface area contributed by atoms with Crippen LogP contribution in [0.4, 0.5) is 0 Å². The predicted octanol–water partition coefficient (Wildman–Crippen LogP) is 0.167. The third-order valence-corrected chi connectivity index (χ3v) is 2.89. The van der Waals surface area contributed by atoms with Gasteiger partial charge in [-0.05, 0) is 6.07 Å². The largest absolute Gasteiger partial charge is 0.480 e. The van der Waals surface area contributed by atoms with Crippen molar-refractivity contribution in [2.75, 3.05) is 19.6 Å². The number of nitrogens with one attached hydrogen (secondary N) is 2. The fourth-order valence-corrected chi connectivity index (χ4v) is 1.98. The number of halogens is 1. The van der Waals surface area contributed by atoms with Gasteiger partial charge in [0.05, 0.1) is 5.02 Å². The van der Waals surface area contributed by atoms with Gasteiger partial charge in [0, 0.05) is 25.8 Å². The lowest BCUT2D eigenvalue weighted by atomic mass is 10.2. The molecule has 0 radical (unpaired) electrons. The molecule has 1 unspecified atom stereocenters. The van der Waals surface area contributed by atoms with Crippen molar-refractivity contribution >= 4 is 23.5 Å². The van der Waals surface area contributed by atoms with Gasteiger partial charge in [-0.3, -0.25) is 4.79 Å². The second kappa shape index (κ2) is 4.77. The number of aliphatic carboxylic acids is 1. The first-order valence-corrected chi connectivity index (χ1v) is 5.56. The quantitative estimate of drug-likeness (QED) is 0.705. The summed E-state index contributed by atoms with van der Waals surface area (Å²) in [6.07, 6.45) is 1.49. The van der Waals surface area contributed by atoms with Gasteiger partial charge in [0.15, 0.2) is 0 Å². The number of carbonyl (C=O) groups is 2. The minimum atomic E-state index is -1.01. The maximum absolute atomic E-state index is 12.1. The number of aromatic nitrogens is 1. The second-order valence-corrected chi connectivity index (χ2v) is 4.22. The summed E-state index contributed by atoms with van der Waals surface area (Å²) >= 11 is 5.71. The zero-order valence-electron chi connectivity index (χ0n) is 8.94. The third kappa shape index (κ3) is 2.42. The average Bonchev–Trinajstić information content (AvgIpc) is 2.75. The molecule has 1 amide bonds. The van der Waals surface area contributed by atoms with Gasteiger partial charge in [-0.15, -0.1) is 0 Å². The molecule has 3 N–H and O–H groups in total. The lowest BCUT2D eigenvalue weighted by Gasteiger charge is -2.33. The Morgan fingerprint density at radius 2 is 2.29 bits per heavy atom. The Labute approximate surface area is 103 Å². The summed E-state index contributed by atoms with van der Waals surface area (Å²) in [5.74, 6) is -1.35. The fourth-order valence-electron chi connectivity index (χ4n) is 1.81. The van der Waals surface area contributed by atoms with E-state index in [1.807, 2.05) is 0 Å². The van der Waals surface area contributed by atoms with Crippen molar-refractivity contribution in [3.8, 4) is 0 Å². The Morgan fingerprint density at radius 1 is 1.53 bits per heavy atom. The summed E-state index contributed by atoms with van der Waals surface area (Å²) in [6, 6.07) is 0.656. The summed E-state index contributed by atoms with van der Waals surface area (Å²) < 4.78 is 0. The van der Waals surface area contributed by atoms with Gasteiger partial charge < -0.3 is 20.3 Å². The zero-order valence-corrected chi connectivity index (χ0v) is 9.70. The minimum absolute atomic E-state index is 0.259. The van der Waals surface area contributed by atoms with Crippen LogP contribution in [0.5, 0.6) is 0 Å². The number of H-pyrrole nitrogens is 1. The number of piperazine rings is 1. The van der Waals surface area contributed by atoms with Crippen molar-refractivity contribution < 1.29 is 14.7 Å². The SMILES string of the molecule is O=C(O)C1CNCCN1C(=O)c1cc(Cl)c[nH]1. The normalized spacial score (nSPS) is 20.3. The third-order valence-electron chi connectivity index (χ3n) is 2.67. The lowest BCUT2D eigenvalue weighted by molar-refractivity contribution is -0.142. The number of carboxylic acids is 1. The molecule has 17 heavy (non-hydrogen) atoms. The molecule has 1 aliphatic heterocycles. The zero-order chi connectivity index (χ0) is 12.4. The van der Waals surface area contributed by atoms with Crippen LogP contribution in [0.2, 0.25) is 5.02 Å². The van der Waals surface area contributed by atoms with E-state index in [9.17, 15) is 9.59 Å². The Morgan fingerprint density at radius 3 is 2.88 bits per heavy atom. The smallest absolute Gasteiger partial charge is 0.327 e. The number of nitrogens with zero attached hydrogens (tertiary/aromatic N) is 1. The molecular formula is C10H12ClN3O3. The minimum Gasteiger partial charge on any atom is -0.480 e. The molecule has 6 nitrogen and oxygen atoms in total. The van der Waals surface area contributed by atoms with Gasteiger partial charge in [0.1, 0.15) is 11.7 Å². The van der Waals surface area contributed by atoms with Crippen molar-refractivity contribution in [3.05, 3.63) is 23.0 Å². The van der Waals surface area contributed by atoms with E-state index in [0.717, 1.165) is 0 Å². The first-order valence-electron chi connectivity index (χ1n) is 5.18. The topological polar surface area (TPSA) is 85.4 Å². The standard InChI is InChI=1S/C10H12ClN3O3/c11-6-3-7(13-4-6)9(15)14-2-1-12-5-8(14)10(16)17/h3-4,8,12-13H,1-2,5H2,(H,16,17). The molecule has 1 atom stereocenters. The van der Waals surface area contributed by atoms with Gasteiger partial charge in [-0.1, -0.05) is 11.6 Å². The Kier molecular flexibility index (Phi) is 3.35. The van der Waals surface area contributed by atoms with Gasteiger partial charge in [-0.2, -0.15) is 0 Å². The molecular weight excluding hydrogens is 246 g/mol. The maximum Gasteiger partial charge on any atom is 0.327 e. The monoisotopic (exact) mass is 257 g/mol. The van der Waals surface area contributed by atoms with Crippen molar-refractivity contribution in [1.82, 2.24) is 15.2 Å². The molecule has 0 spiro atoms. The number of aromatic amines is 1. The fraction of sp³-hybridized carbons (Fsp3) is 0.400. The van der Waals surface area contributed by atoms with Crippen molar-refractivity contribution in [2.24, 2.45) is 0 Å². The summed E-state index contributed by atoms with van der Waals surface area (Å²) in [5.41, 5.74) is 0.308. The highest BCUT2D eigenvalue weighted by atomic mass is 35.5. The summed E-state index contributed by atoms with van der Waals surface area (Å²) in [4.78, 5) is 27.2. The molecule has 1 aromatic rings. The Hall–Kier alpha value is -1.53. The molecule has 2 rings (SSSR count). The van der Waals surface area contributed by atoms with Crippen molar-refractivity contribution in [2.45, 2.75) is 6.04 Å². The number of carboxylic acid groups (broad SMARTS) is 1. The highest BCUT2D eigenvalue weighted by Crippen LogP contribution is 2.14. The van der Waals surface area contributed by atoms with E-state index in [-0.39, 0.29) is 12.5 Å². The summed E-state index contributed by atoms with van der Waals surface area (Å²) in [6.45, 7) is 1.21. The predicted molar refractivity (Wildman–Crippen MR) is 61.1 cm³/mol. The van der Waals surface area contributed by atoms with Gasteiger partial charge in [0.2, 0.25) is 0 Å². The van der Waals surface area contributed by atoms with Gasteiger partial charge in [0.25, 0.3) is 5.91 Å². The molecule has 2 heterocycles. The van der Waals surface area contributed by atoms with E-state index in [4.69, 9.17) is 16.7 Å². The lowest BCUT2D eigenvalue weighted by Crippen LogP contribution is -2.57. The second-order valence-electron chi connectivity index (χ2n) is 3.79. The molecule has 1 saturated heterocycles. The van der Waals surface area contributed by atoms with Crippen molar-refractivity contribution in [3.63, 3.8) is 0 Å². The van der Waals surface area contributed by atoms with Crippen LogP contribution in [0.15, 0.2) is 12.3 Å². The number of rotatable bonds is 2. The van der Waals surface area contributed by atoms with Crippen LogP contribution < -0.4 is 5.32 Å². The summed E-state index contributed by atoms with van der Waals surface area (Å²) in [7, 11) is 0. The number of carbonyl (C=O) groups excluding carboxylic acids is 1. The average molecular weight is 258 g/mol. The Balaban J connectivity index is 2.19. The maximum atomic E-state index is 12.1. The van der Waals surface area contributed by atoms with E-state index >= 15 is 0 Å². The van der Waals surface area contributed by atoms with Gasteiger partial charge >= 0.3 is 5.97 Å². The molecule has 7 heteroatoms. The summed E-state index contributed by atoms with van der Waals surface area (Å²) in [5, 5.41) is 12.4. The van der Waals surface area contributed by atoms with E-state index < -0.39 is 12.0 Å². The van der Waals surface area contributed by atoms with Gasteiger partial charge in [-0.25, -0.2) is 4.79 Å². The van der Waals surface area contributed by atoms with Crippen LogP contribution in [0, 0.1) is 0 Å². The van der Waals surface area contributed by atoms with Crippen LogP contribution in [0.1, 0.15) is 10.5 Å². The molecule has 1 fully saturated rings. The number of hydrogen-bond donors (Lipinski definition) is 3.